The maximum absolute atomic E-state index is 11.1. The van der Waals surface area contributed by atoms with Crippen molar-refractivity contribution in [1.29, 1.82) is 0 Å². The number of pyridine rings is 2. The van der Waals surface area contributed by atoms with E-state index in [4.69, 9.17) is 9.97 Å². The van der Waals surface area contributed by atoms with Crippen LogP contribution in [0.25, 0.3) is 44.3 Å². The van der Waals surface area contributed by atoms with E-state index in [0.29, 0.717) is 0 Å². The first-order valence-electron chi connectivity index (χ1n) is 15.8. The van der Waals surface area contributed by atoms with Gasteiger partial charge >= 0.3 is 0 Å². The Morgan fingerprint density at radius 1 is 0.565 bits per heavy atom. The van der Waals surface area contributed by atoms with Crippen LogP contribution in [0.5, 0.6) is 5.75 Å². The van der Waals surface area contributed by atoms with Gasteiger partial charge in [0.25, 0.3) is 0 Å². The molecular formula is C43H34N2O. The van der Waals surface area contributed by atoms with Crippen molar-refractivity contribution in [3.63, 3.8) is 0 Å². The van der Waals surface area contributed by atoms with Crippen LogP contribution in [0, 0.1) is 0 Å². The fraction of sp³-hybridized carbons (Fsp3) is 0.116. The summed E-state index contributed by atoms with van der Waals surface area (Å²) in [5, 5.41) is 13.3. The normalized spacial score (nSPS) is 13.4. The Morgan fingerprint density at radius 3 is 1.96 bits per heavy atom. The number of hydrogen-bond donors (Lipinski definition) is 1. The van der Waals surface area contributed by atoms with Gasteiger partial charge in [-0.25, -0.2) is 0 Å². The summed E-state index contributed by atoms with van der Waals surface area (Å²) in [7, 11) is 0. The molecule has 3 heteroatoms. The third kappa shape index (κ3) is 4.27. The minimum atomic E-state index is -0.683. The van der Waals surface area contributed by atoms with E-state index >= 15 is 0 Å². The molecule has 0 saturated carbocycles. The van der Waals surface area contributed by atoms with Crippen molar-refractivity contribution in [2.45, 2.75) is 31.6 Å². The first-order chi connectivity index (χ1) is 22.4. The number of fused-ring (bicyclic) bond motifs is 4. The minimum absolute atomic E-state index is 0.0499. The molecule has 8 rings (SSSR count). The summed E-state index contributed by atoms with van der Waals surface area (Å²) in [6, 6.07) is 48.5. The molecule has 1 aliphatic carbocycles. The molecule has 46 heavy (non-hydrogen) atoms. The Kier molecular flexibility index (Phi) is 6.40. The highest BCUT2D eigenvalue weighted by Gasteiger charge is 2.48. The molecule has 0 fully saturated rings. The smallest absolute Gasteiger partial charge is 0.123 e. The number of phenolic OH excluding ortho intramolecular Hbond substituents is 1. The third-order valence-electron chi connectivity index (χ3n) is 9.45. The van der Waals surface area contributed by atoms with E-state index < -0.39 is 5.41 Å². The summed E-state index contributed by atoms with van der Waals surface area (Å²) in [6.07, 6.45) is 1.87. The van der Waals surface area contributed by atoms with Gasteiger partial charge < -0.3 is 5.11 Å². The van der Waals surface area contributed by atoms with Crippen molar-refractivity contribution < 1.29 is 5.11 Å². The Bertz CT molecular complexity index is 2220. The van der Waals surface area contributed by atoms with Gasteiger partial charge in [0.05, 0.1) is 17.1 Å². The molecule has 0 atom stereocenters. The van der Waals surface area contributed by atoms with Crippen molar-refractivity contribution in [2.75, 3.05) is 0 Å². The molecule has 3 nitrogen and oxygen atoms in total. The van der Waals surface area contributed by atoms with Crippen molar-refractivity contribution in [3.05, 3.63) is 174 Å². The van der Waals surface area contributed by atoms with Gasteiger partial charge in [-0.1, -0.05) is 112 Å². The number of aromatic nitrogens is 2. The molecule has 0 saturated heterocycles. The van der Waals surface area contributed by atoms with Crippen LogP contribution in [-0.2, 0) is 10.8 Å². The van der Waals surface area contributed by atoms with E-state index in [0.717, 1.165) is 44.5 Å². The zero-order valence-electron chi connectivity index (χ0n) is 26.2. The predicted molar refractivity (Wildman–Crippen MR) is 188 cm³/mol. The second-order valence-electron chi connectivity index (χ2n) is 13.2. The molecule has 2 heterocycles. The topological polar surface area (TPSA) is 46.0 Å². The molecule has 1 N–H and O–H groups in total. The fourth-order valence-electron chi connectivity index (χ4n) is 7.21. The molecular weight excluding hydrogens is 560 g/mol. The van der Waals surface area contributed by atoms with Crippen LogP contribution >= 0.6 is 0 Å². The maximum atomic E-state index is 11.1. The van der Waals surface area contributed by atoms with Gasteiger partial charge in [-0.05, 0) is 98.1 Å². The van der Waals surface area contributed by atoms with Crippen molar-refractivity contribution in [2.24, 2.45) is 0 Å². The Morgan fingerprint density at radius 2 is 1.24 bits per heavy atom. The zero-order chi connectivity index (χ0) is 31.5. The Balaban J connectivity index is 1.40. The van der Waals surface area contributed by atoms with Gasteiger partial charge in [0.2, 0.25) is 0 Å². The molecule has 5 aromatic carbocycles. The lowest BCUT2D eigenvalue weighted by Gasteiger charge is -2.31. The summed E-state index contributed by atoms with van der Waals surface area (Å²) >= 11 is 0. The Labute approximate surface area is 269 Å². The van der Waals surface area contributed by atoms with Gasteiger partial charge in [0.15, 0.2) is 0 Å². The van der Waals surface area contributed by atoms with Crippen LogP contribution in [0.1, 0.15) is 48.8 Å². The van der Waals surface area contributed by atoms with E-state index in [1.165, 1.54) is 27.8 Å². The molecule has 2 aromatic heterocycles. The van der Waals surface area contributed by atoms with Gasteiger partial charge in [-0.15, -0.1) is 0 Å². The molecule has 0 amide bonds. The lowest BCUT2D eigenvalue weighted by molar-refractivity contribution is 0.476. The largest absolute Gasteiger partial charge is 0.507 e. The molecule has 0 bridgehead atoms. The van der Waals surface area contributed by atoms with Crippen LogP contribution in [0.3, 0.4) is 0 Å². The summed E-state index contributed by atoms with van der Waals surface area (Å²) in [4.78, 5) is 10.5. The highest BCUT2D eigenvalue weighted by atomic mass is 16.3. The minimum Gasteiger partial charge on any atom is -0.507 e. The van der Waals surface area contributed by atoms with Crippen LogP contribution in [-0.4, -0.2) is 15.1 Å². The van der Waals surface area contributed by atoms with Crippen LogP contribution in [0.4, 0.5) is 0 Å². The summed E-state index contributed by atoms with van der Waals surface area (Å²) < 4.78 is 0. The number of aromatic hydroxyl groups is 1. The summed E-state index contributed by atoms with van der Waals surface area (Å²) in [5.41, 5.74) is 10.8. The lowest BCUT2D eigenvalue weighted by atomic mass is 9.72. The standard InChI is InChI=1S/C43H34N2O/c1-42(2,3)30-22-23-39(46)34(27-30)29-25-28-13-4-5-14-31(28)35(26-29)38-19-12-21-41(45-38)43(40-20-10-11-24-44-40)36-17-8-6-15-32(36)33-16-7-9-18-37(33)43/h4-27,46H,1-3H3. The first-order valence-corrected chi connectivity index (χ1v) is 15.8. The van der Waals surface area contributed by atoms with Crippen LogP contribution < -0.4 is 0 Å². The Hall–Kier alpha value is -5.54. The number of rotatable bonds is 4. The maximum Gasteiger partial charge on any atom is 0.123 e. The average molecular weight is 595 g/mol. The number of benzene rings is 5. The molecule has 0 unspecified atom stereocenters. The highest BCUT2D eigenvalue weighted by molar-refractivity contribution is 6.00. The average Bonchev–Trinajstić information content (AvgIpc) is 3.39. The quantitative estimate of drug-likeness (QED) is 0.220. The molecule has 0 radical (unpaired) electrons. The fourth-order valence-corrected chi connectivity index (χ4v) is 7.21. The summed E-state index contributed by atoms with van der Waals surface area (Å²) in [6.45, 7) is 6.59. The van der Waals surface area contributed by atoms with Gasteiger partial charge in [0, 0.05) is 17.3 Å². The second kappa shape index (κ2) is 10.5. The zero-order valence-corrected chi connectivity index (χ0v) is 26.2. The van der Waals surface area contributed by atoms with E-state index in [1.54, 1.807) is 0 Å². The number of phenols is 1. The van der Waals surface area contributed by atoms with Crippen molar-refractivity contribution in [3.8, 4) is 39.3 Å². The van der Waals surface area contributed by atoms with Crippen molar-refractivity contribution >= 4 is 10.8 Å². The van der Waals surface area contributed by atoms with Crippen LogP contribution in [0.15, 0.2) is 146 Å². The highest BCUT2D eigenvalue weighted by Crippen LogP contribution is 2.55. The molecule has 222 valence electrons. The molecule has 7 aromatic rings. The molecule has 0 spiro atoms. The van der Waals surface area contributed by atoms with E-state index in [-0.39, 0.29) is 11.2 Å². The van der Waals surface area contributed by atoms with Crippen LogP contribution in [0.2, 0.25) is 0 Å². The van der Waals surface area contributed by atoms with E-state index in [9.17, 15) is 5.11 Å². The molecule has 1 aliphatic rings. The molecule has 0 aliphatic heterocycles. The second-order valence-corrected chi connectivity index (χ2v) is 13.2. The van der Waals surface area contributed by atoms with Gasteiger partial charge in [-0.2, -0.15) is 0 Å². The SMILES string of the molecule is CC(C)(C)c1ccc(O)c(-c2cc(-c3cccc(C4(c5ccccn5)c5ccccc5-c5ccccc54)n3)c3ccccc3c2)c1. The van der Waals surface area contributed by atoms with E-state index in [2.05, 4.69) is 142 Å². The van der Waals surface area contributed by atoms with E-state index in [1.807, 2.05) is 24.4 Å². The van der Waals surface area contributed by atoms with Gasteiger partial charge in [0.1, 0.15) is 11.2 Å². The summed E-state index contributed by atoms with van der Waals surface area (Å²) in [5.74, 6) is 0.268. The third-order valence-corrected chi connectivity index (χ3v) is 9.45. The number of hydrogen-bond acceptors (Lipinski definition) is 3. The van der Waals surface area contributed by atoms with Gasteiger partial charge in [-0.3, -0.25) is 9.97 Å². The lowest BCUT2D eigenvalue weighted by Crippen LogP contribution is -2.31. The predicted octanol–water partition coefficient (Wildman–Crippen LogP) is 10.3. The van der Waals surface area contributed by atoms with Crippen molar-refractivity contribution in [1.82, 2.24) is 9.97 Å². The number of nitrogens with zero attached hydrogens (tertiary/aromatic N) is 2. The monoisotopic (exact) mass is 594 g/mol. The first kappa shape index (κ1) is 28.0.